The quantitative estimate of drug-likeness (QED) is 0.613. The molecular weight excluding hydrogens is 150 g/mol. The van der Waals surface area contributed by atoms with Gasteiger partial charge in [0.1, 0.15) is 0 Å². The summed E-state index contributed by atoms with van der Waals surface area (Å²) in [5, 5.41) is 0. The van der Waals surface area contributed by atoms with E-state index in [1.54, 1.807) is 17.0 Å². The van der Waals surface area contributed by atoms with Gasteiger partial charge in [-0.05, 0) is 18.1 Å². The monoisotopic (exact) mass is 163 g/mol. The van der Waals surface area contributed by atoms with Crippen LogP contribution in [0.5, 0.6) is 0 Å². The number of allylic oxidation sites excluding steroid dienone is 1. The first-order valence-corrected chi connectivity index (χ1v) is 3.99. The minimum absolute atomic E-state index is 0.0185. The zero-order valence-corrected chi connectivity index (χ0v) is 7.45. The molecular formula is C10H13NO. The molecule has 0 aliphatic carbocycles. The van der Waals surface area contributed by atoms with Crippen LogP contribution in [0.1, 0.15) is 18.6 Å². The van der Waals surface area contributed by atoms with Gasteiger partial charge in [-0.25, -0.2) is 0 Å². The molecule has 0 fully saturated rings. The third-order valence-electron chi connectivity index (χ3n) is 1.81. The van der Waals surface area contributed by atoms with Crippen LogP contribution < -0.4 is 0 Å². The molecule has 0 aromatic carbocycles. The van der Waals surface area contributed by atoms with E-state index in [0.717, 1.165) is 0 Å². The molecule has 2 nitrogen and oxygen atoms in total. The van der Waals surface area contributed by atoms with E-state index in [0.29, 0.717) is 5.57 Å². The van der Waals surface area contributed by atoms with E-state index in [1.165, 1.54) is 0 Å². The van der Waals surface area contributed by atoms with E-state index in [-0.39, 0.29) is 11.8 Å². The standard InChI is InChI=1S/C10H13NO/c1-8(2)9(3)10(12)11-6-4-5-7-11/h4-8H,3H2,1-2H3. The van der Waals surface area contributed by atoms with Crippen LogP contribution in [-0.4, -0.2) is 10.5 Å². The lowest BCUT2D eigenvalue weighted by molar-refractivity contribution is 0.0946. The van der Waals surface area contributed by atoms with Crippen molar-refractivity contribution >= 4 is 5.91 Å². The fourth-order valence-electron chi connectivity index (χ4n) is 0.883. The van der Waals surface area contributed by atoms with Crippen molar-refractivity contribution in [2.75, 3.05) is 0 Å². The van der Waals surface area contributed by atoms with Gasteiger partial charge in [0.05, 0.1) is 0 Å². The predicted molar refractivity (Wildman–Crippen MR) is 49.0 cm³/mol. The summed E-state index contributed by atoms with van der Waals surface area (Å²) in [6, 6.07) is 3.65. The minimum atomic E-state index is -0.0185. The zero-order chi connectivity index (χ0) is 9.14. The normalized spacial score (nSPS) is 10.2. The first kappa shape index (κ1) is 8.78. The number of aromatic nitrogens is 1. The highest BCUT2D eigenvalue weighted by Crippen LogP contribution is 2.09. The molecule has 0 spiro atoms. The third-order valence-corrected chi connectivity index (χ3v) is 1.81. The Hall–Kier alpha value is -1.31. The van der Waals surface area contributed by atoms with Crippen molar-refractivity contribution in [2.24, 2.45) is 5.92 Å². The van der Waals surface area contributed by atoms with Crippen LogP contribution in [0.4, 0.5) is 0 Å². The number of hydrogen-bond acceptors (Lipinski definition) is 1. The van der Waals surface area contributed by atoms with E-state index in [4.69, 9.17) is 0 Å². The predicted octanol–water partition coefficient (Wildman–Crippen LogP) is 2.34. The molecule has 0 amide bonds. The second-order valence-corrected chi connectivity index (χ2v) is 3.08. The van der Waals surface area contributed by atoms with Crippen LogP contribution in [0, 0.1) is 5.92 Å². The van der Waals surface area contributed by atoms with Crippen LogP contribution in [0.3, 0.4) is 0 Å². The topological polar surface area (TPSA) is 22.0 Å². The van der Waals surface area contributed by atoms with Gasteiger partial charge in [0.15, 0.2) is 0 Å². The highest BCUT2D eigenvalue weighted by atomic mass is 16.2. The van der Waals surface area contributed by atoms with Gasteiger partial charge in [-0.15, -0.1) is 0 Å². The molecule has 0 unspecified atom stereocenters. The molecule has 1 rings (SSSR count). The molecule has 12 heavy (non-hydrogen) atoms. The molecule has 2 heteroatoms. The van der Waals surface area contributed by atoms with Gasteiger partial charge in [-0.1, -0.05) is 20.4 Å². The SMILES string of the molecule is C=C(C(=O)n1cccc1)C(C)C. The van der Waals surface area contributed by atoms with E-state index >= 15 is 0 Å². The summed E-state index contributed by atoms with van der Waals surface area (Å²) in [6.45, 7) is 7.66. The Labute approximate surface area is 72.5 Å². The summed E-state index contributed by atoms with van der Waals surface area (Å²) < 4.78 is 1.54. The number of nitrogens with zero attached hydrogens (tertiary/aromatic N) is 1. The first-order chi connectivity index (χ1) is 5.63. The van der Waals surface area contributed by atoms with Crippen molar-refractivity contribution in [1.29, 1.82) is 0 Å². The molecule has 0 saturated heterocycles. The van der Waals surface area contributed by atoms with Gasteiger partial charge in [0.2, 0.25) is 0 Å². The third kappa shape index (κ3) is 1.64. The molecule has 1 aromatic rings. The van der Waals surface area contributed by atoms with Gasteiger partial charge in [-0.2, -0.15) is 0 Å². The van der Waals surface area contributed by atoms with E-state index in [1.807, 2.05) is 26.0 Å². The zero-order valence-electron chi connectivity index (χ0n) is 7.45. The van der Waals surface area contributed by atoms with Crippen LogP contribution in [0.15, 0.2) is 36.7 Å². The fraction of sp³-hybridized carbons (Fsp3) is 0.300. The molecule has 0 radical (unpaired) electrons. The lowest BCUT2D eigenvalue weighted by atomic mass is 10.1. The van der Waals surface area contributed by atoms with Gasteiger partial charge < -0.3 is 0 Å². The van der Waals surface area contributed by atoms with Crippen molar-refractivity contribution in [3.63, 3.8) is 0 Å². The summed E-state index contributed by atoms with van der Waals surface area (Å²) in [4.78, 5) is 11.5. The number of rotatable bonds is 2. The Morgan fingerprint density at radius 1 is 1.33 bits per heavy atom. The molecule has 64 valence electrons. The molecule has 1 aromatic heterocycles. The molecule has 0 aliphatic rings. The highest BCUT2D eigenvalue weighted by Gasteiger charge is 2.10. The lowest BCUT2D eigenvalue weighted by Crippen LogP contribution is -2.14. The number of carbonyl (C=O) groups excluding carboxylic acids is 1. The van der Waals surface area contributed by atoms with Crippen LogP contribution in [-0.2, 0) is 0 Å². The molecule has 0 aliphatic heterocycles. The molecule has 0 saturated carbocycles. The molecule has 0 N–H and O–H groups in total. The summed E-state index contributed by atoms with van der Waals surface area (Å²) >= 11 is 0. The molecule has 0 bridgehead atoms. The maximum absolute atomic E-state index is 11.5. The molecule has 1 heterocycles. The van der Waals surface area contributed by atoms with Crippen molar-refractivity contribution < 1.29 is 4.79 Å². The maximum atomic E-state index is 11.5. The number of carbonyl (C=O) groups is 1. The van der Waals surface area contributed by atoms with Gasteiger partial charge in [-0.3, -0.25) is 9.36 Å². The van der Waals surface area contributed by atoms with Crippen LogP contribution in [0.2, 0.25) is 0 Å². The summed E-state index contributed by atoms with van der Waals surface area (Å²) in [5.74, 6) is 0.190. The fourth-order valence-corrected chi connectivity index (χ4v) is 0.883. The Morgan fingerprint density at radius 2 is 1.83 bits per heavy atom. The largest absolute Gasteiger partial charge is 0.291 e. The summed E-state index contributed by atoms with van der Waals surface area (Å²) in [7, 11) is 0. The number of hydrogen-bond donors (Lipinski definition) is 0. The highest BCUT2D eigenvalue weighted by molar-refractivity contribution is 5.95. The second kappa shape index (κ2) is 3.39. The van der Waals surface area contributed by atoms with E-state index < -0.39 is 0 Å². The Kier molecular flexibility index (Phi) is 2.48. The van der Waals surface area contributed by atoms with Gasteiger partial charge in [0, 0.05) is 18.0 Å². The van der Waals surface area contributed by atoms with E-state index in [9.17, 15) is 4.79 Å². The average Bonchev–Trinajstić information content (AvgIpc) is 2.53. The van der Waals surface area contributed by atoms with Crippen molar-refractivity contribution in [1.82, 2.24) is 4.57 Å². The molecule has 0 atom stereocenters. The van der Waals surface area contributed by atoms with E-state index in [2.05, 4.69) is 6.58 Å². The maximum Gasteiger partial charge on any atom is 0.257 e. The smallest absolute Gasteiger partial charge is 0.257 e. The summed E-state index contributed by atoms with van der Waals surface area (Å²) in [5.41, 5.74) is 0.645. The average molecular weight is 163 g/mol. The Balaban J connectivity index is 2.80. The van der Waals surface area contributed by atoms with Crippen LogP contribution in [0.25, 0.3) is 0 Å². The first-order valence-electron chi connectivity index (χ1n) is 3.99. The minimum Gasteiger partial charge on any atom is -0.291 e. The Bertz CT molecular complexity index is 283. The van der Waals surface area contributed by atoms with Crippen LogP contribution >= 0.6 is 0 Å². The Morgan fingerprint density at radius 3 is 2.25 bits per heavy atom. The van der Waals surface area contributed by atoms with Gasteiger partial charge >= 0.3 is 0 Å². The summed E-state index contributed by atoms with van der Waals surface area (Å²) in [6.07, 6.45) is 3.46. The van der Waals surface area contributed by atoms with Gasteiger partial charge in [0.25, 0.3) is 5.91 Å². The lowest BCUT2D eigenvalue weighted by Gasteiger charge is -2.07. The van der Waals surface area contributed by atoms with Crippen molar-refractivity contribution in [2.45, 2.75) is 13.8 Å². The van der Waals surface area contributed by atoms with Crippen molar-refractivity contribution in [3.8, 4) is 0 Å². The van der Waals surface area contributed by atoms with Crippen molar-refractivity contribution in [3.05, 3.63) is 36.7 Å². The second-order valence-electron chi connectivity index (χ2n) is 3.08.